The van der Waals surface area contributed by atoms with Crippen LogP contribution < -0.4 is 11.1 Å². The molecule has 104 valence electrons. The van der Waals surface area contributed by atoms with Crippen molar-refractivity contribution >= 4 is 11.6 Å². The van der Waals surface area contributed by atoms with Gasteiger partial charge < -0.3 is 11.1 Å². The molecule has 0 aliphatic rings. The standard InChI is InChI=1S/C15H14F2N2O/c1-15(14(18)20,19-13-5-3-2-4-6-13)10-7-11(16)9-12(17)8-10/h2-9,19H,1H3,(H2,18,20). The third-order valence-electron chi connectivity index (χ3n) is 3.10. The van der Waals surface area contributed by atoms with E-state index in [2.05, 4.69) is 5.32 Å². The second kappa shape index (κ2) is 5.28. The van der Waals surface area contributed by atoms with Crippen LogP contribution in [0.15, 0.2) is 48.5 Å². The van der Waals surface area contributed by atoms with Crippen LogP contribution in [-0.2, 0) is 10.3 Å². The van der Waals surface area contributed by atoms with Gasteiger partial charge in [0.2, 0.25) is 5.91 Å². The Morgan fingerprint density at radius 1 is 1.10 bits per heavy atom. The summed E-state index contributed by atoms with van der Waals surface area (Å²) in [6.45, 7) is 1.48. The first-order valence-corrected chi connectivity index (χ1v) is 6.01. The number of benzene rings is 2. The van der Waals surface area contributed by atoms with E-state index < -0.39 is 23.1 Å². The number of amides is 1. The number of para-hydroxylation sites is 1. The summed E-state index contributed by atoms with van der Waals surface area (Å²) >= 11 is 0. The maximum Gasteiger partial charge on any atom is 0.247 e. The Labute approximate surface area is 115 Å². The number of primary amides is 1. The fourth-order valence-electron chi connectivity index (χ4n) is 1.93. The molecule has 0 heterocycles. The highest BCUT2D eigenvalue weighted by atomic mass is 19.1. The van der Waals surface area contributed by atoms with E-state index in [9.17, 15) is 13.6 Å². The van der Waals surface area contributed by atoms with Crippen molar-refractivity contribution in [2.24, 2.45) is 5.73 Å². The summed E-state index contributed by atoms with van der Waals surface area (Å²) in [7, 11) is 0. The molecule has 0 aliphatic heterocycles. The molecule has 0 aliphatic carbocycles. The van der Waals surface area contributed by atoms with Crippen LogP contribution in [0.1, 0.15) is 12.5 Å². The zero-order valence-corrected chi connectivity index (χ0v) is 10.9. The summed E-state index contributed by atoms with van der Waals surface area (Å²) in [4.78, 5) is 11.8. The molecule has 3 N–H and O–H groups in total. The minimum absolute atomic E-state index is 0.131. The van der Waals surface area contributed by atoms with Gasteiger partial charge in [-0.15, -0.1) is 0 Å². The van der Waals surface area contributed by atoms with E-state index >= 15 is 0 Å². The van der Waals surface area contributed by atoms with Crippen LogP contribution in [0, 0.1) is 11.6 Å². The zero-order chi connectivity index (χ0) is 14.8. The van der Waals surface area contributed by atoms with Gasteiger partial charge in [0.15, 0.2) is 0 Å². The number of hydrogen-bond donors (Lipinski definition) is 2. The third kappa shape index (κ3) is 2.77. The van der Waals surface area contributed by atoms with Gasteiger partial charge in [-0.3, -0.25) is 4.79 Å². The summed E-state index contributed by atoms with van der Waals surface area (Å²) < 4.78 is 26.7. The highest BCUT2D eigenvalue weighted by Crippen LogP contribution is 2.27. The number of carbonyl (C=O) groups is 1. The highest BCUT2D eigenvalue weighted by molar-refractivity contribution is 5.89. The summed E-state index contributed by atoms with van der Waals surface area (Å²) in [5, 5.41) is 2.92. The number of hydrogen-bond acceptors (Lipinski definition) is 2. The Kier molecular flexibility index (Phi) is 3.70. The van der Waals surface area contributed by atoms with Crippen molar-refractivity contribution in [3.63, 3.8) is 0 Å². The van der Waals surface area contributed by atoms with Crippen molar-refractivity contribution in [2.75, 3.05) is 5.32 Å². The quantitative estimate of drug-likeness (QED) is 0.902. The highest BCUT2D eigenvalue weighted by Gasteiger charge is 2.34. The number of anilines is 1. The molecule has 1 amide bonds. The predicted molar refractivity (Wildman–Crippen MR) is 73.0 cm³/mol. The summed E-state index contributed by atoms with van der Waals surface area (Å²) in [5.41, 5.74) is 4.75. The van der Waals surface area contributed by atoms with Gasteiger partial charge >= 0.3 is 0 Å². The second-order valence-corrected chi connectivity index (χ2v) is 4.64. The predicted octanol–water partition coefficient (Wildman–Crippen LogP) is 2.78. The lowest BCUT2D eigenvalue weighted by Crippen LogP contribution is -2.45. The molecule has 1 atom stereocenters. The molecule has 0 radical (unpaired) electrons. The first kappa shape index (κ1) is 14.0. The smallest absolute Gasteiger partial charge is 0.247 e. The molecule has 0 aromatic heterocycles. The van der Waals surface area contributed by atoms with E-state index in [1.54, 1.807) is 24.3 Å². The van der Waals surface area contributed by atoms with Gasteiger partial charge in [-0.05, 0) is 36.8 Å². The molecule has 2 aromatic carbocycles. The van der Waals surface area contributed by atoms with Gasteiger partial charge in [-0.2, -0.15) is 0 Å². The molecule has 2 aromatic rings. The summed E-state index contributed by atoms with van der Waals surface area (Å²) in [5.74, 6) is -2.25. The number of rotatable bonds is 4. The van der Waals surface area contributed by atoms with Crippen LogP contribution in [0.25, 0.3) is 0 Å². The summed E-state index contributed by atoms with van der Waals surface area (Å²) in [6, 6.07) is 11.7. The fraction of sp³-hybridized carbons (Fsp3) is 0.133. The molecule has 1 unspecified atom stereocenters. The van der Waals surface area contributed by atoms with Gasteiger partial charge in [0.25, 0.3) is 0 Å². The Morgan fingerprint density at radius 2 is 1.65 bits per heavy atom. The second-order valence-electron chi connectivity index (χ2n) is 4.64. The van der Waals surface area contributed by atoms with Crippen LogP contribution in [0.2, 0.25) is 0 Å². The van der Waals surface area contributed by atoms with E-state index in [1.807, 2.05) is 6.07 Å². The van der Waals surface area contributed by atoms with E-state index in [-0.39, 0.29) is 5.56 Å². The van der Waals surface area contributed by atoms with Crippen molar-refractivity contribution in [3.8, 4) is 0 Å². The van der Waals surface area contributed by atoms with Crippen molar-refractivity contribution < 1.29 is 13.6 Å². The topological polar surface area (TPSA) is 55.1 Å². The average molecular weight is 276 g/mol. The van der Waals surface area contributed by atoms with Crippen molar-refractivity contribution in [2.45, 2.75) is 12.5 Å². The zero-order valence-electron chi connectivity index (χ0n) is 10.9. The molecule has 0 bridgehead atoms. The van der Waals surface area contributed by atoms with E-state index in [4.69, 9.17) is 5.73 Å². The Bertz CT molecular complexity index is 611. The van der Waals surface area contributed by atoms with E-state index in [1.165, 1.54) is 6.92 Å². The first-order valence-electron chi connectivity index (χ1n) is 6.01. The van der Waals surface area contributed by atoms with Crippen molar-refractivity contribution in [1.29, 1.82) is 0 Å². The fourth-order valence-corrected chi connectivity index (χ4v) is 1.93. The SMILES string of the molecule is CC(Nc1ccccc1)(C(N)=O)c1cc(F)cc(F)c1. The van der Waals surface area contributed by atoms with E-state index in [0.29, 0.717) is 5.69 Å². The van der Waals surface area contributed by atoms with Crippen LogP contribution in [0.5, 0.6) is 0 Å². The minimum Gasteiger partial charge on any atom is -0.368 e. The molecule has 20 heavy (non-hydrogen) atoms. The molecule has 2 rings (SSSR count). The van der Waals surface area contributed by atoms with Crippen LogP contribution >= 0.6 is 0 Å². The third-order valence-corrected chi connectivity index (χ3v) is 3.10. The van der Waals surface area contributed by atoms with Gasteiger partial charge in [-0.25, -0.2) is 8.78 Å². The molecular formula is C15H14F2N2O. The van der Waals surface area contributed by atoms with Crippen LogP contribution in [0.4, 0.5) is 14.5 Å². The maximum absolute atomic E-state index is 13.3. The van der Waals surface area contributed by atoms with Crippen molar-refractivity contribution in [3.05, 3.63) is 65.7 Å². The largest absolute Gasteiger partial charge is 0.368 e. The average Bonchev–Trinajstić information content (AvgIpc) is 2.38. The number of halogens is 2. The lowest BCUT2D eigenvalue weighted by Gasteiger charge is -2.29. The monoisotopic (exact) mass is 276 g/mol. The molecule has 0 fully saturated rings. The summed E-state index contributed by atoms with van der Waals surface area (Å²) in [6.07, 6.45) is 0. The first-order chi connectivity index (χ1) is 9.41. The number of carbonyl (C=O) groups excluding carboxylic acids is 1. The van der Waals surface area contributed by atoms with Crippen LogP contribution in [-0.4, -0.2) is 5.91 Å². The van der Waals surface area contributed by atoms with Gasteiger partial charge in [-0.1, -0.05) is 18.2 Å². The van der Waals surface area contributed by atoms with E-state index in [0.717, 1.165) is 18.2 Å². The molecule has 3 nitrogen and oxygen atoms in total. The Hall–Kier alpha value is -2.43. The molecular weight excluding hydrogens is 262 g/mol. The molecule has 5 heteroatoms. The minimum atomic E-state index is -1.41. The Morgan fingerprint density at radius 3 is 2.15 bits per heavy atom. The lowest BCUT2D eigenvalue weighted by molar-refractivity contribution is -0.122. The number of nitrogens with one attached hydrogen (secondary N) is 1. The number of nitrogens with two attached hydrogens (primary N) is 1. The van der Waals surface area contributed by atoms with Crippen LogP contribution in [0.3, 0.4) is 0 Å². The van der Waals surface area contributed by atoms with Gasteiger partial charge in [0, 0.05) is 11.8 Å². The Balaban J connectivity index is 2.46. The molecule has 0 saturated carbocycles. The normalized spacial score (nSPS) is 13.6. The van der Waals surface area contributed by atoms with Gasteiger partial charge in [0.1, 0.15) is 17.2 Å². The van der Waals surface area contributed by atoms with Gasteiger partial charge in [0.05, 0.1) is 0 Å². The lowest BCUT2D eigenvalue weighted by atomic mass is 9.90. The molecule has 0 saturated heterocycles. The molecule has 0 spiro atoms. The maximum atomic E-state index is 13.3. The van der Waals surface area contributed by atoms with Crippen molar-refractivity contribution in [1.82, 2.24) is 0 Å².